The number of ether oxygens (including phenoxy) is 2. The van der Waals surface area contributed by atoms with E-state index >= 15 is 0 Å². The third-order valence-corrected chi connectivity index (χ3v) is 7.24. The van der Waals surface area contributed by atoms with Crippen molar-refractivity contribution in [1.29, 1.82) is 0 Å². The summed E-state index contributed by atoms with van der Waals surface area (Å²) in [5, 5.41) is 0.604. The number of carbonyl (C=O) groups is 2. The fourth-order valence-electron chi connectivity index (χ4n) is 5.44. The van der Waals surface area contributed by atoms with E-state index in [4.69, 9.17) is 21.1 Å². The fourth-order valence-corrected chi connectivity index (χ4v) is 5.63. The molecule has 5 rings (SSSR count). The molecule has 1 aliphatic carbocycles. The largest absolute Gasteiger partial charge is 0.483 e. The van der Waals surface area contributed by atoms with Crippen LogP contribution in [0.2, 0.25) is 5.02 Å². The number of carbonyl (C=O) groups excluding carboxylic acids is 2. The fraction of sp³-hybridized carbons (Fsp3) is 0.583. The Morgan fingerprint density at radius 3 is 2.68 bits per heavy atom. The highest BCUT2D eigenvalue weighted by Crippen LogP contribution is 2.46. The van der Waals surface area contributed by atoms with Crippen molar-refractivity contribution in [3.63, 3.8) is 0 Å². The summed E-state index contributed by atoms with van der Waals surface area (Å²) in [5.41, 5.74) is 1.42. The molecule has 31 heavy (non-hydrogen) atoms. The summed E-state index contributed by atoms with van der Waals surface area (Å²) in [6, 6.07) is 7.10. The summed E-state index contributed by atoms with van der Waals surface area (Å²) in [5.74, 6) is 0.0964. The molecule has 2 fully saturated rings. The van der Waals surface area contributed by atoms with Crippen molar-refractivity contribution in [2.24, 2.45) is 5.92 Å². The Morgan fingerprint density at radius 1 is 1.06 bits per heavy atom. The maximum Gasteiger partial charge on any atom is 0.290 e. The zero-order valence-electron chi connectivity index (χ0n) is 17.7. The average Bonchev–Trinajstić information content (AvgIpc) is 3.07. The van der Waals surface area contributed by atoms with Gasteiger partial charge in [-0.3, -0.25) is 14.5 Å². The molecule has 7 heteroatoms. The molecule has 1 saturated heterocycles. The summed E-state index contributed by atoms with van der Waals surface area (Å²) in [4.78, 5) is 31.2. The smallest absolute Gasteiger partial charge is 0.290 e. The summed E-state index contributed by atoms with van der Waals surface area (Å²) >= 11 is 6.28. The van der Waals surface area contributed by atoms with Crippen LogP contribution in [-0.4, -0.2) is 67.0 Å². The van der Waals surface area contributed by atoms with Crippen molar-refractivity contribution in [1.82, 2.24) is 9.80 Å². The van der Waals surface area contributed by atoms with Crippen molar-refractivity contribution >= 4 is 23.3 Å². The van der Waals surface area contributed by atoms with E-state index in [-0.39, 0.29) is 29.5 Å². The molecule has 1 aromatic rings. The van der Waals surface area contributed by atoms with Crippen LogP contribution in [-0.2, 0) is 19.1 Å². The minimum Gasteiger partial charge on any atom is -0.483 e. The SMILES string of the molecule is O=C1C2=C(OC3CCCCC13)C(=O)N(CCCN1CCOCC1)C2c1cccc(Cl)c1. The minimum atomic E-state index is -0.415. The van der Waals surface area contributed by atoms with Gasteiger partial charge in [0, 0.05) is 31.2 Å². The predicted octanol–water partition coefficient (Wildman–Crippen LogP) is 3.36. The molecule has 6 nitrogen and oxygen atoms in total. The Morgan fingerprint density at radius 2 is 1.87 bits per heavy atom. The highest BCUT2D eigenvalue weighted by atomic mass is 35.5. The summed E-state index contributed by atoms with van der Waals surface area (Å²) in [7, 11) is 0. The second kappa shape index (κ2) is 8.93. The van der Waals surface area contributed by atoms with Crippen LogP contribution >= 0.6 is 11.6 Å². The number of nitrogens with zero attached hydrogens (tertiary/aromatic N) is 2. The van der Waals surface area contributed by atoms with Crippen molar-refractivity contribution in [3.8, 4) is 0 Å². The van der Waals surface area contributed by atoms with E-state index in [1.54, 1.807) is 0 Å². The lowest BCUT2D eigenvalue weighted by atomic mass is 9.77. The van der Waals surface area contributed by atoms with Gasteiger partial charge in [0.05, 0.1) is 30.7 Å². The predicted molar refractivity (Wildman–Crippen MR) is 117 cm³/mol. The molecule has 0 N–H and O–H groups in total. The number of benzene rings is 1. The van der Waals surface area contributed by atoms with Gasteiger partial charge in [-0.05, 0) is 43.4 Å². The molecule has 166 valence electrons. The lowest BCUT2D eigenvalue weighted by Crippen LogP contribution is -2.39. The van der Waals surface area contributed by atoms with Gasteiger partial charge in [0.2, 0.25) is 0 Å². The number of rotatable bonds is 5. The third kappa shape index (κ3) is 4.01. The topological polar surface area (TPSA) is 59.1 Å². The van der Waals surface area contributed by atoms with Crippen molar-refractivity contribution < 1.29 is 19.1 Å². The molecule has 0 spiro atoms. The van der Waals surface area contributed by atoms with Crippen LogP contribution in [0, 0.1) is 5.92 Å². The first-order chi connectivity index (χ1) is 15.1. The summed E-state index contributed by atoms with van der Waals surface area (Å²) in [6.45, 7) is 4.84. The van der Waals surface area contributed by atoms with Crippen LogP contribution in [0.15, 0.2) is 35.6 Å². The molecule has 4 aliphatic rings. The third-order valence-electron chi connectivity index (χ3n) is 7.00. The van der Waals surface area contributed by atoms with E-state index in [0.717, 1.165) is 70.5 Å². The molecule has 0 bridgehead atoms. The highest BCUT2D eigenvalue weighted by molar-refractivity contribution is 6.30. The van der Waals surface area contributed by atoms with Gasteiger partial charge in [-0.15, -0.1) is 0 Å². The maximum absolute atomic E-state index is 13.6. The Balaban J connectivity index is 1.42. The molecule has 1 aromatic carbocycles. The standard InChI is InChI=1S/C24H29ClN2O4/c25-17-6-3-5-16(15-17)21-20-22(28)18-7-1-2-8-19(18)31-23(20)24(29)27(21)10-4-9-26-11-13-30-14-12-26/h3,5-6,15,18-19,21H,1-2,4,7-14H2. The van der Waals surface area contributed by atoms with Crippen LogP contribution in [0.4, 0.5) is 0 Å². The van der Waals surface area contributed by atoms with Crippen LogP contribution in [0.5, 0.6) is 0 Å². The molecule has 0 aromatic heterocycles. The monoisotopic (exact) mass is 444 g/mol. The number of fused-ring (bicyclic) bond motifs is 1. The average molecular weight is 445 g/mol. The zero-order valence-corrected chi connectivity index (χ0v) is 18.5. The second-order valence-corrected chi connectivity index (χ2v) is 9.35. The molecule has 1 saturated carbocycles. The van der Waals surface area contributed by atoms with Crippen LogP contribution in [0.1, 0.15) is 43.7 Å². The number of amides is 1. The normalized spacial score (nSPS) is 29.1. The summed E-state index contributed by atoms with van der Waals surface area (Å²) in [6.07, 6.45) is 4.46. The van der Waals surface area contributed by atoms with Crippen LogP contribution in [0.3, 0.4) is 0 Å². The van der Waals surface area contributed by atoms with Crippen molar-refractivity contribution in [2.75, 3.05) is 39.4 Å². The van der Waals surface area contributed by atoms with Gasteiger partial charge < -0.3 is 14.4 Å². The number of Topliss-reactive ketones (excluding diaryl/α,β-unsaturated/α-hetero) is 1. The Labute approximate surface area is 188 Å². The van der Waals surface area contributed by atoms with Crippen LogP contribution < -0.4 is 0 Å². The first kappa shape index (κ1) is 21.0. The van der Waals surface area contributed by atoms with E-state index in [1.807, 2.05) is 29.2 Å². The molecular weight excluding hydrogens is 416 g/mol. The summed E-state index contributed by atoms with van der Waals surface area (Å²) < 4.78 is 11.6. The van der Waals surface area contributed by atoms with Gasteiger partial charge in [-0.25, -0.2) is 0 Å². The zero-order chi connectivity index (χ0) is 21.4. The van der Waals surface area contributed by atoms with E-state index in [1.165, 1.54) is 0 Å². The minimum absolute atomic E-state index is 0.0972. The lowest BCUT2D eigenvalue weighted by molar-refractivity contribution is -0.135. The van der Waals surface area contributed by atoms with Gasteiger partial charge in [-0.2, -0.15) is 0 Å². The molecule has 3 unspecified atom stereocenters. The second-order valence-electron chi connectivity index (χ2n) is 8.92. The van der Waals surface area contributed by atoms with Gasteiger partial charge in [0.15, 0.2) is 11.5 Å². The molecule has 1 amide bonds. The highest BCUT2D eigenvalue weighted by Gasteiger charge is 2.51. The number of hydrogen-bond donors (Lipinski definition) is 0. The number of ketones is 1. The molecular formula is C24H29ClN2O4. The van der Waals surface area contributed by atoms with Crippen molar-refractivity contribution in [2.45, 2.75) is 44.2 Å². The Hall–Kier alpha value is -1.89. The van der Waals surface area contributed by atoms with E-state index < -0.39 is 6.04 Å². The van der Waals surface area contributed by atoms with Gasteiger partial charge >= 0.3 is 0 Å². The molecule has 3 aliphatic heterocycles. The van der Waals surface area contributed by atoms with Gasteiger partial charge in [0.1, 0.15) is 6.10 Å². The van der Waals surface area contributed by atoms with Crippen molar-refractivity contribution in [3.05, 3.63) is 46.2 Å². The number of hydrogen-bond acceptors (Lipinski definition) is 5. The number of morpholine rings is 1. The van der Waals surface area contributed by atoms with Gasteiger partial charge in [-0.1, -0.05) is 30.2 Å². The lowest BCUT2D eigenvalue weighted by Gasteiger charge is -2.35. The van der Waals surface area contributed by atoms with E-state index in [0.29, 0.717) is 17.1 Å². The Kier molecular flexibility index (Phi) is 6.04. The maximum atomic E-state index is 13.6. The molecule has 3 atom stereocenters. The molecule has 0 radical (unpaired) electrons. The van der Waals surface area contributed by atoms with Gasteiger partial charge in [0.25, 0.3) is 5.91 Å². The quantitative estimate of drug-likeness (QED) is 0.697. The van der Waals surface area contributed by atoms with Crippen LogP contribution in [0.25, 0.3) is 0 Å². The van der Waals surface area contributed by atoms with E-state index in [9.17, 15) is 9.59 Å². The van der Waals surface area contributed by atoms with E-state index in [2.05, 4.69) is 4.90 Å². The first-order valence-electron chi connectivity index (χ1n) is 11.4. The first-order valence-corrected chi connectivity index (χ1v) is 11.8. The number of halogens is 1. The molecule has 3 heterocycles. The Bertz CT molecular complexity index is 895.